The molecule has 0 aromatic heterocycles. The molecule has 0 spiro atoms. The van der Waals surface area contributed by atoms with Gasteiger partial charge in [-0.05, 0) is 19.3 Å². The molecular formula is C9H15FO4. The summed E-state index contributed by atoms with van der Waals surface area (Å²) in [5.74, 6) is -2.26. The molecule has 0 aliphatic carbocycles. The number of aliphatic carboxylic acids is 2. The van der Waals surface area contributed by atoms with Gasteiger partial charge in [-0.1, -0.05) is 12.8 Å². The van der Waals surface area contributed by atoms with Gasteiger partial charge in [-0.15, -0.1) is 0 Å². The maximum absolute atomic E-state index is 12.5. The molecule has 0 rings (SSSR count). The first-order valence-electron chi connectivity index (χ1n) is 4.62. The minimum Gasteiger partial charge on any atom is -0.481 e. The van der Waals surface area contributed by atoms with Gasteiger partial charge in [-0.2, -0.15) is 0 Å². The SMILES string of the molecule is O=C(O)CCCCCCC(F)C(=O)O. The van der Waals surface area contributed by atoms with Crippen molar-refractivity contribution in [1.82, 2.24) is 0 Å². The zero-order chi connectivity index (χ0) is 11.0. The van der Waals surface area contributed by atoms with Crippen LogP contribution in [0.3, 0.4) is 0 Å². The van der Waals surface area contributed by atoms with Crippen LogP contribution in [0.4, 0.5) is 4.39 Å². The van der Waals surface area contributed by atoms with Gasteiger partial charge in [0.2, 0.25) is 0 Å². The first kappa shape index (κ1) is 12.9. The van der Waals surface area contributed by atoms with Crippen LogP contribution in [0.25, 0.3) is 0 Å². The summed E-state index contributed by atoms with van der Waals surface area (Å²) in [6, 6.07) is 0. The van der Waals surface area contributed by atoms with Crippen LogP contribution in [0.5, 0.6) is 0 Å². The molecule has 82 valence electrons. The molecule has 0 heterocycles. The molecular weight excluding hydrogens is 191 g/mol. The van der Waals surface area contributed by atoms with E-state index in [9.17, 15) is 14.0 Å². The van der Waals surface area contributed by atoms with Crippen molar-refractivity contribution in [3.8, 4) is 0 Å². The highest BCUT2D eigenvalue weighted by Crippen LogP contribution is 2.09. The van der Waals surface area contributed by atoms with Gasteiger partial charge in [0.15, 0.2) is 6.17 Å². The molecule has 5 heteroatoms. The zero-order valence-corrected chi connectivity index (χ0v) is 7.91. The Hall–Kier alpha value is -1.13. The van der Waals surface area contributed by atoms with E-state index in [2.05, 4.69) is 0 Å². The fourth-order valence-corrected chi connectivity index (χ4v) is 1.08. The lowest BCUT2D eigenvalue weighted by Gasteiger charge is -2.02. The summed E-state index contributed by atoms with van der Waals surface area (Å²) < 4.78 is 12.5. The van der Waals surface area contributed by atoms with E-state index in [-0.39, 0.29) is 12.8 Å². The van der Waals surface area contributed by atoms with Gasteiger partial charge in [0, 0.05) is 6.42 Å². The molecule has 1 unspecified atom stereocenters. The minimum atomic E-state index is -1.78. The first-order chi connectivity index (χ1) is 6.54. The third-order valence-corrected chi connectivity index (χ3v) is 1.87. The second kappa shape index (κ2) is 7.29. The molecule has 0 saturated heterocycles. The molecule has 0 amide bonds. The van der Waals surface area contributed by atoms with Gasteiger partial charge in [-0.3, -0.25) is 4.79 Å². The molecule has 4 nitrogen and oxygen atoms in total. The number of halogens is 1. The maximum Gasteiger partial charge on any atom is 0.338 e. The number of carbonyl (C=O) groups is 2. The Morgan fingerprint density at radius 3 is 2.14 bits per heavy atom. The quantitative estimate of drug-likeness (QED) is 0.594. The maximum atomic E-state index is 12.5. The Balaban J connectivity index is 3.21. The Kier molecular flexibility index (Phi) is 6.70. The van der Waals surface area contributed by atoms with Gasteiger partial charge < -0.3 is 10.2 Å². The van der Waals surface area contributed by atoms with Crippen molar-refractivity contribution in [3.05, 3.63) is 0 Å². The number of unbranched alkanes of at least 4 members (excludes halogenated alkanes) is 3. The lowest BCUT2D eigenvalue weighted by atomic mass is 10.1. The molecule has 0 aromatic rings. The highest BCUT2D eigenvalue weighted by molar-refractivity contribution is 5.71. The fourth-order valence-electron chi connectivity index (χ4n) is 1.08. The molecule has 0 saturated carbocycles. The number of carboxylic acids is 2. The van der Waals surface area contributed by atoms with E-state index in [1.165, 1.54) is 0 Å². The number of carboxylic acid groups (broad SMARTS) is 2. The molecule has 2 N–H and O–H groups in total. The minimum absolute atomic E-state index is 0.0163. The summed E-state index contributed by atoms with van der Waals surface area (Å²) in [4.78, 5) is 20.1. The number of hydrogen-bond acceptors (Lipinski definition) is 2. The lowest BCUT2D eigenvalue weighted by Crippen LogP contribution is -2.13. The predicted molar refractivity (Wildman–Crippen MR) is 47.9 cm³/mol. The van der Waals surface area contributed by atoms with Gasteiger partial charge in [0.05, 0.1) is 0 Å². The zero-order valence-electron chi connectivity index (χ0n) is 7.91. The van der Waals surface area contributed by atoms with Gasteiger partial charge in [0.1, 0.15) is 0 Å². The summed E-state index contributed by atoms with van der Waals surface area (Å²) in [7, 11) is 0. The number of alkyl halides is 1. The van der Waals surface area contributed by atoms with E-state index in [0.717, 1.165) is 0 Å². The van der Waals surface area contributed by atoms with E-state index < -0.39 is 18.1 Å². The van der Waals surface area contributed by atoms with E-state index >= 15 is 0 Å². The van der Waals surface area contributed by atoms with Gasteiger partial charge in [-0.25, -0.2) is 9.18 Å². The Morgan fingerprint density at radius 2 is 1.64 bits per heavy atom. The molecule has 0 bridgehead atoms. The standard InChI is InChI=1S/C9H15FO4/c10-7(9(13)14)5-3-1-2-4-6-8(11)12/h7H,1-6H2,(H,11,12)(H,13,14). The summed E-state index contributed by atoms with van der Waals surface area (Å²) >= 11 is 0. The van der Waals surface area contributed by atoms with Gasteiger partial charge in [0.25, 0.3) is 0 Å². The van der Waals surface area contributed by atoms with Crippen LogP contribution in [0.1, 0.15) is 38.5 Å². The van der Waals surface area contributed by atoms with Crippen molar-refractivity contribution in [2.75, 3.05) is 0 Å². The molecule has 0 aliphatic heterocycles. The van der Waals surface area contributed by atoms with E-state index in [4.69, 9.17) is 10.2 Å². The molecule has 0 aliphatic rings. The molecule has 0 fully saturated rings. The lowest BCUT2D eigenvalue weighted by molar-refractivity contribution is -0.143. The average Bonchev–Trinajstić information content (AvgIpc) is 2.09. The third kappa shape index (κ3) is 7.52. The molecule has 0 aromatic carbocycles. The second-order valence-corrected chi connectivity index (χ2v) is 3.15. The smallest absolute Gasteiger partial charge is 0.338 e. The van der Waals surface area contributed by atoms with Crippen molar-refractivity contribution < 1.29 is 24.2 Å². The van der Waals surface area contributed by atoms with Gasteiger partial charge >= 0.3 is 11.9 Å². The first-order valence-corrected chi connectivity index (χ1v) is 4.62. The van der Waals surface area contributed by atoms with E-state index in [1.54, 1.807) is 0 Å². The normalized spacial score (nSPS) is 12.4. The highest BCUT2D eigenvalue weighted by atomic mass is 19.1. The number of rotatable bonds is 8. The van der Waals surface area contributed by atoms with Crippen LogP contribution in [0.15, 0.2) is 0 Å². The van der Waals surface area contributed by atoms with Crippen molar-refractivity contribution in [2.24, 2.45) is 0 Å². The molecule has 14 heavy (non-hydrogen) atoms. The number of hydrogen-bond donors (Lipinski definition) is 2. The second-order valence-electron chi connectivity index (χ2n) is 3.15. The predicted octanol–water partition coefficient (Wildman–Crippen LogP) is 1.83. The molecule has 1 atom stereocenters. The highest BCUT2D eigenvalue weighted by Gasteiger charge is 2.14. The Labute approximate surface area is 81.7 Å². The van der Waals surface area contributed by atoms with Crippen LogP contribution in [-0.2, 0) is 9.59 Å². The van der Waals surface area contributed by atoms with Crippen molar-refractivity contribution in [2.45, 2.75) is 44.7 Å². The topological polar surface area (TPSA) is 74.6 Å². The van der Waals surface area contributed by atoms with Crippen molar-refractivity contribution in [3.63, 3.8) is 0 Å². The monoisotopic (exact) mass is 206 g/mol. The van der Waals surface area contributed by atoms with Crippen LogP contribution in [0, 0.1) is 0 Å². The van der Waals surface area contributed by atoms with Crippen molar-refractivity contribution >= 4 is 11.9 Å². The van der Waals surface area contributed by atoms with E-state index in [1.807, 2.05) is 0 Å². The fraction of sp³-hybridized carbons (Fsp3) is 0.778. The molecule has 0 radical (unpaired) electrons. The van der Waals surface area contributed by atoms with Crippen LogP contribution >= 0.6 is 0 Å². The van der Waals surface area contributed by atoms with Crippen molar-refractivity contribution in [1.29, 1.82) is 0 Å². The summed E-state index contributed by atoms with van der Waals surface area (Å²) in [6.07, 6.45) is 0.807. The van der Waals surface area contributed by atoms with Crippen LogP contribution in [-0.4, -0.2) is 28.3 Å². The largest absolute Gasteiger partial charge is 0.481 e. The summed E-state index contributed by atoms with van der Waals surface area (Å²) in [5.41, 5.74) is 0. The third-order valence-electron chi connectivity index (χ3n) is 1.87. The van der Waals surface area contributed by atoms with E-state index in [0.29, 0.717) is 25.7 Å². The average molecular weight is 206 g/mol. The summed E-state index contributed by atoms with van der Waals surface area (Å²) in [5, 5.41) is 16.5. The Bertz CT molecular complexity index is 193. The summed E-state index contributed by atoms with van der Waals surface area (Å²) in [6.45, 7) is 0. The van der Waals surface area contributed by atoms with Crippen LogP contribution < -0.4 is 0 Å². The Morgan fingerprint density at radius 1 is 1.07 bits per heavy atom. The van der Waals surface area contributed by atoms with Crippen LogP contribution in [0.2, 0.25) is 0 Å².